The third kappa shape index (κ3) is 2.29. The van der Waals surface area contributed by atoms with Crippen LogP contribution >= 0.6 is 11.3 Å². The first kappa shape index (κ1) is 10.6. The van der Waals surface area contributed by atoms with Crippen LogP contribution in [0.25, 0.3) is 0 Å². The summed E-state index contributed by atoms with van der Waals surface area (Å²) in [5.74, 6) is -0.450. The number of aromatic nitrogens is 1. The van der Waals surface area contributed by atoms with Crippen molar-refractivity contribution in [2.24, 2.45) is 5.16 Å². The number of hydrogen-bond donors (Lipinski definition) is 1. The summed E-state index contributed by atoms with van der Waals surface area (Å²) in [5, 5.41) is 13.4. The average Bonchev–Trinajstić information content (AvgIpc) is 2.66. The molecule has 6 heteroatoms. The molecule has 0 saturated carbocycles. The number of carbonyl (C=O) groups excluding carboxylic acids is 1. The molecule has 1 N–H and O–H groups in total. The zero-order valence-corrected chi connectivity index (χ0v) is 8.67. The maximum Gasteiger partial charge on any atom is 0.367 e. The summed E-state index contributed by atoms with van der Waals surface area (Å²) >= 11 is 1.16. The van der Waals surface area contributed by atoms with Crippen molar-refractivity contribution >= 4 is 23.0 Å². The molecule has 14 heavy (non-hydrogen) atoms. The van der Waals surface area contributed by atoms with Gasteiger partial charge in [0.05, 0.1) is 12.3 Å². The molecule has 0 atom stereocenters. The van der Waals surface area contributed by atoms with Gasteiger partial charge in [0.1, 0.15) is 5.71 Å². The molecule has 0 amide bonds. The SMILES string of the molecule is CCOC(=O)c1nc(C(C)=NO)cs1. The van der Waals surface area contributed by atoms with Gasteiger partial charge in [0.25, 0.3) is 0 Å². The smallest absolute Gasteiger partial charge is 0.367 e. The van der Waals surface area contributed by atoms with E-state index in [0.29, 0.717) is 18.0 Å². The first-order chi connectivity index (χ1) is 6.69. The molecule has 0 aliphatic heterocycles. The minimum atomic E-state index is -0.450. The van der Waals surface area contributed by atoms with Crippen molar-refractivity contribution in [2.45, 2.75) is 13.8 Å². The Morgan fingerprint density at radius 3 is 3.07 bits per heavy atom. The number of nitrogens with zero attached hydrogens (tertiary/aromatic N) is 2. The van der Waals surface area contributed by atoms with Crippen LogP contribution in [0.5, 0.6) is 0 Å². The van der Waals surface area contributed by atoms with Crippen LogP contribution in [0.15, 0.2) is 10.5 Å². The third-order valence-corrected chi connectivity index (χ3v) is 2.30. The summed E-state index contributed by atoms with van der Waals surface area (Å²) in [5.41, 5.74) is 0.859. The van der Waals surface area contributed by atoms with Gasteiger partial charge in [0.15, 0.2) is 0 Å². The van der Waals surface area contributed by atoms with Crippen LogP contribution in [0.4, 0.5) is 0 Å². The highest BCUT2D eigenvalue weighted by atomic mass is 32.1. The maximum absolute atomic E-state index is 11.2. The van der Waals surface area contributed by atoms with Crippen LogP contribution in [-0.2, 0) is 4.74 Å². The molecule has 76 valence electrons. The Labute approximate surface area is 85.0 Å². The minimum Gasteiger partial charge on any atom is -0.461 e. The first-order valence-electron chi connectivity index (χ1n) is 4.00. The topological polar surface area (TPSA) is 71.8 Å². The van der Waals surface area contributed by atoms with Gasteiger partial charge in [-0.05, 0) is 13.8 Å². The molecule has 0 aromatic carbocycles. The molecule has 1 rings (SSSR count). The third-order valence-electron chi connectivity index (χ3n) is 1.47. The average molecular weight is 214 g/mol. The van der Waals surface area contributed by atoms with E-state index in [0.717, 1.165) is 11.3 Å². The van der Waals surface area contributed by atoms with Crippen LogP contribution in [0, 0.1) is 0 Å². The Hall–Kier alpha value is -1.43. The van der Waals surface area contributed by atoms with Crippen LogP contribution in [0.3, 0.4) is 0 Å². The highest BCUT2D eigenvalue weighted by molar-refractivity contribution is 7.11. The number of oxime groups is 1. The number of ether oxygens (including phenoxy) is 1. The summed E-state index contributed by atoms with van der Waals surface area (Å²) in [6.45, 7) is 3.65. The number of carbonyl (C=O) groups is 1. The van der Waals surface area contributed by atoms with Gasteiger partial charge in [0.2, 0.25) is 5.01 Å². The lowest BCUT2D eigenvalue weighted by atomic mass is 10.3. The van der Waals surface area contributed by atoms with Gasteiger partial charge in [-0.1, -0.05) is 5.16 Å². The zero-order chi connectivity index (χ0) is 10.6. The second-order valence-corrected chi connectivity index (χ2v) is 3.30. The van der Waals surface area contributed by atoms with E-state index in [9.17, 15) is 4.79 Å². The lowest BCUT2D eigenvalue weighted by Gasteiger charge is -1.95. The normalized spacial score (nSPS) is 11.4. The monoisotopic (exact) mass is 214 g/mol. The van der Waals surface area contributed by atoms with Crippen molar-refractivity contribution in [3.05, 3.63) is 16.1 Å². The van der Waals surface area contributed by atoms with Crippen molar-refractivity contribution in [3.63, 3.8) is 0 Å². The summed E-state index contributed by atoms with van der Waals surface area (Å²) < 4.78 is 4.76. The molecular formula is C8H10N2O3S. The number of esters is 1. The Bertz CT molecular complexity index is 359. The number of rotatable bonds is 3. The molecule has 0 aliphatic rings. The molecule has 0 radical (unpaired) electrons. The van der Waals surface area contributed by atoms with Crippen LogP contribution in [0.1, 0.15) is 29.3 Å². The van der Waals surface area contributed by atoms with E-state index in [1.807, 2.05) is 0 Å². The van der Waals surface area contributed by atoms with E-state index in [1.54, 1.807) is 19.2 Å². The van der Waals surface area contributed by atoms with Crippen molar-refractivity contribution in [1.82, 2.24) is 4.98 Å². The van der Waals surface area contributed by atoms with Crippen molar-refractivity contribution in [1.29, 1.82) is 0 Å². The Balaban J connectivity index is 2.83. The summed E-state index contributed by atoms with van der Waals surface area (Å²) in [4.78, 5) is 15.1. The lowest BCUT2D eigenvalue weighted by molar-refractivity contribution is 0.0526. The molecule has 1 heterocycles. The van der Waals surface area contributed by atoms with Gasteiger partial charge in [-0.25, -0.2) is 9.78 Å². The minimum absolute atomic E-state index is 0.268. The van der Waals surface area contributed by atoms with Crippen LogP contribution in [-0.4, -0.2) is 28.5 Å². The molecule has 5 nitrogen and oxygen atoms in total. The standard InChI is InChI=1S/C8H10N2O3S/c1-3-13-8(11)7-9-6(4-14-7)5(2)10-12/h4,12H,3H2,1-2H3. The maximum atomic E-state index is 11.2. The molecule has 1 aromatic heterocycles. The van der Waals surface area contributed by atoms with Gasteiger partial charge in [-0.3, -0.25) is 0 Å². The van der Waals surface area contributed by atoms with E-state index < -0.39 is 5.97 Å². The molecule has 1 aromatic rings. The molecule has 0 saturated heterocycles. The molecular weight excluding hydrogens is 204 g/mol. The fraction of sp³-hybridized carbons (Fsp3) is 0.375. The largest absolute Gasteiger partial charge is 0.461 e. The van der Waals surface area contributed by atoms with E-state index in [4.69, 9.17) is 9.94 Å². The van der Waals surface area contributed by atoms with Crippen molar-refractivity contribution < 1.29 is 14.7 Å². The predicted molar refractivity (Wildman–Crippen MR) is 52.1 cm³/mol. The summed E-state index contributed by atoms with van der Waals surface area (Å²) in [7, 11) is 0. The summed E-state index contributed by atoms with van der Waals surface area (Å²) in [6.07, 6.45) is 0. The van der Waals surface area contributed by atoms with E-state index >= 15 is 0 Å². The summed E-state index contributed by atoms with van der Waals surface area (Å²) in [6, 6.07) is 0. The van der Waals surface area contributed by atoms with E-state index in [1.165, 1.54) is 0 Å². The predicted octanol–water partition coefficient (Wildman–Crippen LogP) is 1.52. The highest BCUT2D eigenvalue weighted by Gasteiger charge is 2.13. The quantitative estimate of drug-likeness (QED) is 0.358. The van der Waals surface area contributed by atoms with E-state index in [-0.39, 0.29) is 5.01 Å². The Morgan fingerprint density at radius 1 is 1.79 bits per heavy atom. The van der Waals surface area contributed by atoms with Gasteiger partial charge in [-0.15, -0.1) is 11.3 Å². The number of thiazole rings is 1. The fourth-order valence-electron chi connectivity index (χ4n) is 0.778. The second kappa shape index (κ2) is 4.71. The van der Waals surface area contributed by atoms with Crippen LogP contribution in [0.2, 0.25) is 0 Å². The first-order valence-corrected chi connectivity index (χ1v) is 4.88. The zero-order valence-electron chi connectivity index (χ0n) is 7.85. The molecule has 0 unspecified atom stereocenters. The van der Waals surface area contributed by atoms with Gasteiger partial charge < -0.3 is 9.94 Å². The van der Waals surface area contributed by atoms with E-state index in [2.05, 4.69) is 10.1 Å². The number of hydrogen-bond acceptors (Lipinski definition) is 6. The Morgan fingerprint density at radius 2 is 2.50 bits per heavy atom. The Kier molecular flexibility index (Phi) is 3.58. The van der Waals surface area contributed by atoms with Crippen molar-refractivity contribution in [2.75, 3.05) is 6.61 Å². The van der Waals surface area contributed by atoms with Gasteiger partial charge in [-0.2, -0.15) is 0 Å². The molecule has 0 fully saturated rings. The molecule has 0 aliphatic carbocycles. The molecule has 0 spiro atoms. The van der Waals surface area contributed by atoms with Crippen LogP contribution < -0.4 is 0 Å². The van der Waals surface area contributed by atoms with Crippen molar-refractivity contribution in [3.8, 4) is 0 Å². The highest BCUT2D eigenvalue weighted by Crippen LogP contribution is 2.11. The lowest BCUT2D eigenvalue weighted by Crippen LogP contribution is -2.05. The second-order valence-electron chi connectivity index (χ2n) is 2.44. The van der Waals surface area contributed by atoms with Gasteiger partial charge in [0, 0.05) is 5.38 Å². The fourth-order valence-corrected chi connectivity index (χ4v) is 1.53. The molecule has 0 bridgehead atoms. The van der Waals surface area contributed by atoms with Gasteiger partial charge >= 0.3 is 5.97 Å².